The van der Waals surface area contributed by atoms with E-state index in [1.807, 2.05) is 32.0 Å². The molecule has 2 unspecified atom stereocenters. The third kappa shape index (κ3) is 3.22. The number of rotatable bonds is 2. The molecular formula is C14H13Cl2NO3S. The molecular weight excluding hydrogens is 333 g/mol. The zero-order valence-electron chi connectivity index (χ0n) is 11.4. The summed E-state index contributed by atoms with van der Waals surface area (Å²) in [6, 6.07) is 5.81. The van der Waals surface area contributed by atoms with Gasteiger partial charge in [-0.25, -0.2) is 0 Å². The molecule has 0 aromatic heterocycles. The van der Waals surface area contributed by atoms with Gasteiger partial charge in [-0.15, -0.1) is 11.6 Å². The first kappa shape index (κ1) is 16.3. The Morgan fingerprint density at radius 2 is 1.95 bits per heavy atom. The van der Waals surface area contributed by atoms with Crippen LogP contribution in [0, 0.1) is 19.1 Å². The molecule has 2 atom stereocenters. The third-order valence-electron chi connectivity index (χ3n) is 3.24. The van der Waals surface area contributed by atoms with Gasteiger partial charge in [0.2, 0.25) is 0 Å². The number of hydrogen-bond donors (Lipinski definition) is 1. The lowest BCUT2D eigenvalue weighted by atomic mass is 9.97. The highest BCUT2D eigenvalue weighted by molar-refractivity contribution is 7.73. The highest BCUT2D eigenvalue weighted by Crippen LogP contribution is 2.35. The first-order valence-electron chi connectivity index (χ1n) is 6.12. The Balaban J connectivity index is 2.58. The normalized spacial score (nSPS) is 19.9. The minimum atomic E-state index is -2.70. The molecule has 112 valence electrons. The number of halogens is 2. The van der Waals surface area contributed by atoms with Gasteiger partial charge in [-0.05, 0) is 31.1 Å². The molecule has 0 amide bonds. The van der Waals surface area contributed by atoms with E-state index < -0.39 is 25.7 Å². The van der Waals surface area contributed by atoms with Gasteiger partial charge < -0.3 is 5.21 Å². The van der Waals surface area contributed by atoms with Crippen LogP contribution >= 0.6 is 23.2 Å². The molecule has 0 saturated heterocycles. The van der Waals surface area contributed by atoms with Gasteiger partial charge in [0, 0.05) is 5.57 Å². The van der Waals surface area contributed by atoms with Crippen LogP contribution in [-0.2, 0) is 10.3 Å². The van der Waals surface area contributed by atoms with Crippen LogP contribution in [0.15, 0.2) is 41.1 Å². The maximum absolute atomic E-state index is 11.6. The van der Waals surface area contributed by atoms with E-state index in [1.165, 1.54) is 12.3 Å². The molecule has 0 spiro atoms. The van der Waals surface area contributed by atoms with E-state index in [-0.39, 0.29) is 5.03 Å². The van der Waals surface area contributed by atoms with E-state index in [4.69, 9.17) is 23.2 Å². The number of quaternary nitrogens is 1. The Hall–Kier alpha value is -1.11. The minimum absolute atomic E-state index is 0.114. The Morgan fingerprint density at radius 3 is 2.57 bits per heavy atom. The zero-order chi connectivity index (χ0) is 15.7. The summed E-state index contributed by atoms with van der Waals surface area (Å²) in [6.07, 6.45) is 2.65. The summed E-state index contributed by atoms with van der Waals surface area (Å²) in [7, 11) is -2.70. The van der Waals surface area contributed by atoms with Gasteiger partial charge in [0.15, 0.2) is 0 Å². The molecule has 0 aliphatic carbocycles. The van der Waals surface area contributed by atoms with Gasteiger partial charge in [-0.2, -0.15) is 8.42 Å². The van der Waals surface area contributed by atoms with E-state index in [0.29, 0.717) is 5.57 Å². The van der Waals surface area contributed by atoms with Crippen LogP contribution in [0.25, 0.3) is 0 Å². The summed E-state index contributed by atoms with van der Waals surface area (Å²) in [6.45, 7) is 3.85. The molecule has 1 aliphatic rings. The van der Waals surface area contributed by atoms with Crippen molar-refractivity contribution in [3.8, 4) is 0 Å². The molecule has 7 heteroatoms. The molecule has 4 nitrogen and oxygen atoms in total. The van der Waals surface area contributed by atoms with Gasteiger partial charge in [0.05, 0.1) is 5.38 Å². The lowest BCUT2D eigenvalue weighted by Crippen LogP contribution is -3.06. The monoisotopic (exact) mass is 345 g/mol. The molecule has 1 aromatic rings. The molecule has 0 fully saturated rings. The number of aryl methyl sites for hydroxylation is 2. The van der Waals surface area contributed by atoms with E-state index in [0.717, 1.165) is 16.7 Å². The summed E-state index contributed by atoms with van der Waals surface area (Å²) in [5.41, 5.74) is 3.24. The lowest BCUT2D eigenvalue weighted by Gasteiger charge is -2.24. The third-order valence-corrected chi connectivity index (χ3v) is 4.97. The van der Waals surface area contributed by atoms with E-state index >= 15 is 0 Å². The van der Waals surface area contributed by atoms with Gasteiger partial charge in [0.25, 0.3) is 15.3 Å². The molecule has 1 heterocycles. The molecule has 1 aromatic carbocycles. The second-order valence-corrected chi connectivity index (χ2v) is 6.45. The minimum Gasteiger partial charge on any atom is -0.623 e. The average Bonchev–Trinajstić information content (AvgIpc) is 2.40. The summed E-state index contributed by atoms with van der Waals surface area (Å²) in [5, 5.41) is 10.2. The number of hydrogen-bond acceptors (Lipinski definition) is 3. The summed E-state index contributed by atoms with van der Waals surface area (Å²) < 4.78 is 22.3. The fourth-order valence-corrected chi connectivity index (χ4v) is 3.53. The van der Waals surface area contributed by atoms with Crippen LogP contribution in [0.3, 0.4) is 0 Å². The first-order chi connectivity index (χ1) is 9.82. The predicted molar refractivity (Wildman–Crippen MR) is 84.8 cm³/mol. The topological polar surface area (TPSA) is 61.6 Å². The zero-order valence-corrected chi connectivity index (χ0v) is 13.7. The Bertz CT molecular complexity index is 773. The van der Waals surface area contributed by atoms with Crippen molar-refractivity contribution < 1.29 is 13.5 Å². The molecule has 0 radical (unpaired) electrons. The first-order valence-corrected chi connectivity index (χ1v) is 8.01. The van der Waals surface area contributed by atoms with Crippen molar-refractivity contribution in [3.05, 3.63) is 63.0 Å². The fourth-order valence-electron chi connectivity index (χ4n) is 2.11. The Morgan fingerprint density at radius 1 is 1.29 bits per heavy atom. The Labute approximate surface area is 134 Å². The number of nitrogens with one attached hydrogen (secondary N) is 1. The van der Waals surface area contributed by atoms with Crippen LogP contribution in [0.1, 0.15) is 22.1 Å². The molecule has 21 heavy (non-hydrogen) atoms. The molecule has 2 rings (SSSR count). The summed E-state index contributed by atoms with van der Waals surface area (Å²) in [5.74, 6) is 0. The molecule has 0 bridgehead atoms. The molecule has 1 N–H and O–H groups in total. The van der Waals surface area contributed by atoms with Crippen LogP contribution in [0.5, 0.6) is 0 Å². The standard InChI is InChI=1S/C14H13Cl2NO3S/c1-8-3-4-9(2)11(7-8)12(15)10-5-6-17(18)14(13(10)16)21(19)20/h3-7,12,17H,1-2H3. The Kier molecular flexibility index (Phi) is 4.91. The van der Waals surface area contributed by atoms with Crippen molar-refractivity contribution in [2.75, 3.05) is 0 Å². The summed E-state index contributed by atoms with van der Waals surface area (Å²) >= 11 is 12.5. The van der Waals surface area contributed by atoms with Crippen molar-refractivity contribution in [3.63, 3.8) is 0 Å². The van der Waals surface area contributed by atoms with Crippen molar-refractivity contribution in [2.24, 2.45) is 0 Å². The molecule has 0 saturated carbocycles. The SMILES string of the molecule is Cc1ccc(C)c(C(Cl)C2=C(Cl)C(=S(=O)=O)[NH+]([O-])C=C2)c1. The maximum atomic E-state index is 11.6. The van der Waals surface area contributed by atoms with Crippen molar-refractivity contribution >= 4 is 38.5 Å². The van der Waals surface area contributed by atoms with Crippen LogP contribution in [0.2, 0.25) is 0 Å². The lowest BCUT2D eigenvalue weighted by molar-refractivity contribution is -0.680. The number of alkyl halides is 1. The van der Waals surface area contributed by atoms with Crippen LogP contribution in [0.4, 0.5) is 0 Å². The van der Waals surface area contributed by atoms with E-state index in [2.05, 4.69) is 0 Å². The van der Waals surface area contributed by atoms with Crippen molar-refractivity contribution in [1.29, 1.82) is 0 Å². The van der Waals surface area contributed by atoms with E-state index in [1.54, 1.807) is 0 Å². The summed E-state index contributed by atoms with van der Waals surface area (Å²) in [4.78, 5) is -0.440. The number of hydroxylamine groups is 2. The van der Waals surface area contributed by atoms with Crippen LogP contribution < -0.4 is 5.06 Å². The van der Waals surface area contributed by atoms with E-state index in [9.17, 15) is 13.6 Å². The van der Waals surface area contributed by atoms with Gasteiger partial charge in [-0.3, -0.25) is 5.06 Å². The fraction of sp³-hybridized carbons (Fsp3) is 0.214. The van der Waals surface area contributed by atoms with Gasteiger partial charge in [-0.1, -0.05) is 35.4 Å². The highest BCUT2D eigenvalue weighted by atomic mass is 35.5. The smallest absolute Gasteiger partial charge is 0.278 e. The molecule has 1 aliphatic heterocycles. The maximum Gasteiger partial charge on any atom is 0.278 e. The average molecular weight is 346 g/mol. The predicted octanol–water partition coefficient (Wildman–Crippen LogP) is 2.00. The van der Waals surface area contributed by atoms with Gasteiger partial charge in [0.1, 0.15) is 11.2 Å². The van der Waals surface area contributed by atoms with Crippen LogP contribution in [-0.4, -0.2) is 13.4 Å². The number of benzene rings is 1. The quantitative estimate of drug-likeness (QED) is 0.506. The second-order valence-electron chi connectivity index (χ2n) is 4.75. The largest absolute Gasteiger partial charge is 0.623 e. The second kappa shape index (κ2) is 6.34. The van der Waals surface area contributed by atoms with Gasteiger partial charge >= 0.3 is 0 Å². The number of allylic oxidation sites excluding steroid dienone is 2. The highest BCUT2D eigenvalue weighted by Gasteiger charge is 2.27. The van der Waals surface area contributed by atoms with Crippen molar-refractivity contribution in [2.45, 2.75) is 19.2 Å². The van der Waals surface area contributed by atoms with Crippen molar-refractivity contribution in [1.82, 2.24) is 0 Å².